The summed E-state index contributed by atoms with van der Waals surface area (Å²) in [5.74, 6) is -5.31. The molecule has 1 aromatic carbocycles. The van der Waals surface area contributed by atoms with E-state index in [0.717, 1.165) is 6.07 Å². The first-order valence-electron chi connectivity index (χ1n) is 5.38. The van der Waals surface area contributed by atoms with Crippen LogP contribution in [-0.4, -0.2) is 15.7 Å². The summed E-state index contributed by atoms with van der Waals surface area (Å²) in [5.41, 5.74) is 0.168. The zero-order valence-corrected chi connectivity index (χ0v) is 9.95. The van der Waals surface area contributed by atoms with E-state index in [1.165, 1.54) is 6.20 Å². The fraction of sp³-hybridized carbons (Fsp3) is 0.167. The van der Waals surface area contributed by atoms with Crippen LogP contribution in [0, 0.1) is 17.5 Å². The Bertz CT molecular complexity index is 625. The van der Waals surface area contributed by atoms with E-state index in [4.69, 9.17) is 0 Å². The molecule has 7 heteroatoms. The molecule has 2 rings (SSSR count). The van der Waals surface area contributed by atoms with Crippen molar-refractivity contribution in [2.24, 2.45) is 7.05 Å². The molecule has 19 heavy (non-hydrogen) atoms. The summed E-state index contributed by atoms with van der Waals surface area (Å²) in [7, 11) is 1.71. The van der Waals surface area contributed by atoms with Crippen molar-refractivity contribution in [2.75, 3.05) is 0 Å². The number of nitrogens with one attached hydrogen (secondary N) is 1. The zero-order valence-electron chi connectivity index (χ0n) is 9.95. The molecular formula is C12H10F3N3O. The highest BCUT2D eigenvalue weighted by atomic mass is 19.2. The Hall–Kier alpha value is -2.31. The number of aromatic nitrogens is 2. The Morgan fingerprint density at radius 1 is 1.32 bits per heavy atom. The third kappa shape index (κ3) is 2.75. The second-order valence-electron chi connectivity index (χ2n) is 3.93. The van der Waals surface area contributed by atoms with Crippen LogP contribution in [0.4, 0.5) is 13.2 Å². The molecule has 0 saturated carbocycles. The number of aryl methyl sites for hydroxylation is 1. The normalized spacial score (nSPS) is 10.5. The predicted octanol–water partition coefficient (Wildman–Crippen LogP) is 1.77. The Morgan fingerprint density at radius 2 is 2.05 bits per heavy atom. The van der Waals surface area contributed by atoms with Crippen molar-refractivity contribution in [3.05, 3.63) is 53.1 Å². The van der Waals surface area contributed by atoms with Gasteiger partial charge >= 0.3 is 0 Å². The lowest BCUT2D eigenvalue weighted by atomic mass is 10.2. The summed E-state index contributed by atoms with van der Waals surface area (Å²) in [5, 5.41) is 6.29. The Labute approximate surface area is 106 Å². The minimum Gasteiger partial charge on any atom is -0.348 e. The standard InChI is InChI=1S/C12H10F3N3O/c1-18-6-7(5-17-18)4-16-12(19)8-2-3-9(13)11(15)10(8)14/h2-3,5-6H,4H2,1H3,(H,16,19). The van der Waals surface area contributed by atoms with Crippen molar-refractivity contribution < 1.29 is 18.0 Å². The van der Waals surface area contributed by atoms with E-state index in [0.29, 0.717) is 11.6 Å². The zero-order chi connectivity index (χ0) is 14.0. The highest BCUT2D eigenvalue weighted by Gasteiger charge is 2.18. The molecule has 0 unspecified atom stereocenters. The molecule has 0 bridgehead atoms. The fourth-order valence-electron chi connectivity index (χ4n) is 1.54. The van der Waals surface area contributed by atoms with Crippen molar-refractivity contribution >= 4 is 5.91 Å². The highest BCUT2D eigenvalue weighted by molar-refractivity contribution is 5.94. The Balaban J connectivity index is 2.10. The lowest BCUT2D eigenvalue weighted by Crippen LogP contribution is -2.24. The second-order valence-corrected chi connectivity index (χ2v) is 3.93. The molecule has 1 aromatic heterocycles. The monoisotopic (exact) mass is 269 g/mol. The third-order valence-electron chi connectivity index (χ3n) is 2.49. The van der Waals surface area contributed by atoms with Gasteiger partial charge < -0.3 is 5.32 Å². The first-order valence-corrected chi connectivity index (χ1v) is 5.38. The van der Waals surface area contributed by atoms with Crippen LogP contribution in [0.3, 0.4) is 0 Å². The summed E-state index contributed by atoms with van der Waals surface area (Å²) >= 11 is 0. The third-order valence-corrected chi connectivity index (χ3v) is 2.49. The van der Waals surface area contributed by atoms with Crippen molar-refractivity contribution in [3.63, 3.8) is 0 Å². The van der Waals surface area contributed by atoms with Crippen LogP contribution in [0.2, 0.25) is 0 Å². The van der Waals surface area contributed by atoms with Gasteiger partial charge in [0.1, 0.15) is 0 Å². The first-order chi connectivity index (χ1) is 8.99. The number of halogens is 3. The number of rotatable bonds is 3. The molecule has 0 fully saturated rings. The van der Waals surface area contributed by atoms with E-state index in [1.54, 1.807) is 17.9 Å². The maximum Gasteiger partial charge on any atom is 0.254 e. The van der Waals surface area contributed by atoms with Gasteiger partial charge in [-0.3, -0.25) is 9.48 Å². The lowest BCUT2D eigenvalue weighted by molar-refractivity contribution is 0.0945. The van der Waals surface area contributed by atoms with Gasteiger partial charge in [0, 0.05) is 25.4 Å². The predicted molar refractivity (Wildman–Crippen MR) is 60.7 cm³/mol. The minimum absolute atomic E-state index is 0.116. The first kappa shape index (κ1) is 13.1. The number of hydrogen-bond acceptors (Lipinski definition) is 2. The summed E-state index contributed by atoms with van der Waals surface area (Å²) in [6.45, 7) is 0.116. The number of benzene rings is 1. The number of carbonyl (C=O) groups is 1. The Kier molecular flexibility index (Phi) is 3.55. The smallest absolute Gasteiger partial charge is 0.254 e. The highest BCUT2D eigenvalue weighted by Crippen LogP contribution is 2.15. The van der Waals surface area contributed by atoms with Crippen molar-refractivity contribution in [1.82, 2.24) is 15.1 Å². The molecule has 0 aliphatic rings. The number of carbonyl (C=O) groups excluding carboxylic acids is 1. The van der Waals surface area contributed by atoms with Gasteiger partial charge in [0.2, 0.25) is 0 Å². The van der Waals surface area contributed by atoms with Crippen LogP contribution in [0.15, 0.2) is 24.5 Å². The van der Waals surface area contributed by atoms with Gasteiger partial charge in [-0.1, -0.05) is 0 Å². The average Bonchev–Trinajstić information content (AvgIpc) is 2.79. The van der Waals surface area contributed by atoms with E-state index in [1.807, 2.05) is 0 Å². The molecule has 0 radical (unpaired) electrons. The molecule has 0 spiro atoms. The van der Waals surface area contributed by atoms with Gasteiger partial charge in [-0.2, -0.15) is 5.10 Å². The number of nitrogens with zero attached hydrogens (tertiary/aromatic N) is 2. The Morgan fingerprint density at radius 3 is 2.68 bits per heavy atom. The maximum atomic E-state index is 13.4. The maximum absolute atomic E-state index is 13.4. The molecule has 4 nitrogen and oxygen atoms in total. The van der Waals surface area contributed by atoms with Crippen LogP contribution >= 0.6 is 0 Å². The van der Waals surface area contributed by atoms with E-state index >= 15 is 0 Å². The average molecular weight is 269 g/mol. The van der Waals surface area contributed by atoms with Crippen LogP contribution in [0.25, 0.3) is 0 Å². The fourth-order valence-corrected chi connectivity index (χ4v) is 1.54. The largest absolute Gasteiger partial charge is 0.348 e. The molecule has 1 N–H and O–H groups in total. The topological polar surface area (TPSA) is 46.9 Å². The molecular weight excluding hydrogens is 259 g/mol. The van der Waals surface area contributed by atoms with E-state index in [2.05, 4.69) is 10.4 Å². The molecule has 1 heterocycles. The van der Waals surface area contributed by atoms with Crippen LogP contribution in [0.5, 0.6) is 0 Å². The van der Waals surface area contributed by atoms with E-state index in [-0.39, 0.29) is 6.54 Å². The van der Waals surface area contributed by atoms with Crippen molar-refractivity contribution in [3.8, 4) is 0 Å². The van der Waals surface area contributed by atoms with Gasteiger partial charge in [-0.25, -0.2) is 13.2 Å². The quantitative estimate of drug-likeness (QED) is 0.863. The summed E-state index contributed by atoms with van der Waals surface area (Å²) in [4.78, 5) is 11.6. The molecule has 100 valence electrons. The lowest BCUT2D eigenvalue weighted by Gasteiger charge is -2.05. The summed E-state index contributed by atoms with van der Waals surface area (Å²) < 4.78 is 40.6. The van der Waals surface area contributed by atoms with E-state index < -0.39 is 28.9 Å². The molecule has 0 aliphatic heterocycles. The number of hydrogen-bond donors (Lipinski definition) is 1. The van der Waals surface area contributed by atoms with Gasteiger partial charge in [-0.05, 0) is 12.1 Å². The van der Waals surface area contributed by atoms with Crippen molar-refractivity contribution in [2.45, 2.75) is 6.54 Å². The summed E-state index contributed by atoms with van der Waals surface area (Å²) in [6, 6.07) is 1.60. The molecule has 0 aliphatic carbocycles. The van der Waals surface area contributed by atoms with Crippen LogP contribution < -0.4 is 5.32 Å². The van der Waals surface area contributed by atoms with Gasteiger partial charge in [-0.15, -0.1) is 0 Å². The van der Waals surface area contributed by atoms with Crippen molar-refractivity contribution in [1.29, 1.82) is 0 Å². The van der Waals surface area contributed by atoms with Crippen LogP contribution in [0.1, 0.15) is 15.9 Å². The molecule has 2 aromatic rings. The summed E-state index contributed by atoms with van der Waals surface area (Å²) in [6.07, 6.45) is 3.20. The van der Waals surface area contributed by atoms with E-state index in [9.17, 15) is 18.0 Å². The molecule has 0 saturated heterocycles. The van der Waals surface area contributed by atoms with Gasteiger partial charge in [0.05, 0.1) is 11.8 Å². The SMILES string of the molecule is Cn1cc(CNC(=O)c2ccc(F)c(F)c2F)cn1. The number of amides is 1. The molecule has 1 amide bonds. The van der Waals surface area contributed by atoms with Gasteiger partial charge in [0.15, 0.2) is 17.5 Å². The second kappa shape index (κ2) is 5.13. The molecule has 0 atom stereocenters. The minimum atomic E-state index is -1.66. The van der Waals surface area contributed by atoms with Crippen LogP contribution in [-0.2, 0) is 13.6 Å². The van der Waals surface area contributed by atoms with Gasteiger partial charge in [0.25, 0.3) is 5.91 Å².